The Labute approximate surface area is 253 Å². The fourth-order valence-electron chi connectivity index (χ4n) is 6.02. The van der Waals surface area contributed by atoms with Crippen LogP contribution in [0.3, 0.4) is 0 Å². The molecule has 8 heteroatoms. The molecule has 7 nitrogen and oxygen atoms in total. The van der Waals surface area contributed by atoms with Crippen LogP contribution >= 0.6 is 11.6 Å². The van der Waals surface area contributed by atoms with Crippen LogP contribution in [0.4, 0.5) is 16.2 Å². The summed E-state index contributed by atoms with van der Waals surface area (Å²) in [4.78, 5) is 26.7. The quantitative estimate of drug-likeness (QED) is 0.270. The number of urea groups is 1. The predicted octanol–water partition coefficient (Wildman–Crippen LogP) is 7.99. The maximum Gasteiger partial charge on any atom is 0.349 e. The molecule has 1 saturated carbocycles. The summed E-state index contributed by atoms with van der Waals surface area (Å²) >= 11 is 6.54. The van der Waals surface area contributed by atoms with Crippen molar-refractivity contribution < 1.29 is 9.63 Å². The summed E-state index contributed by atoms with van der Waals surface area (Å²) in [5.41, 5.74) is 5.77. The highest BCUT2D eigenvalue weighted by molar-refractivity contribution is 6.31. The molecule has 0 radical (unpaired) electrons. The molecule has 3 aliphatic rings. The molecule has 0 bridgehead atoms. The van der Waals surface area contributed by atoms with Crippen molar-refractivity contribution in [1.29, 1.82) is 0 Å². The fraction of sp³-hybridized carbons (Fsp3) is 0.382. The zero-order valence-corrected chi connectivity index (χ0v) is 25.1. The number of nitrogens with zero attached hydrogens (tertiary/aromatic N) is 5. The lowest BCUT2D eigenvalue weighted by Crippen LogP contribution is -2.41. The van der Waals surface area contributed by atoms with Gasteiger partial charge in [-0.05, 0) is 68.1 Å². The second-order valence-corrected chi connectivity index (χ2v) is 12.0. The van der Waals surface area contributed by atoms with Crippen LogP contribution in [0.15, 0.2) is 82.9 Å². The first-order chi connectivity index (χ1) is 20.5. The Balaban J connectivity index is 1.26. The fourth-order valence-corrected chi connectivity index (χ4v) is 6.19. The molecule has 3 aromatic carbocycles. The van der Waals surface area contributed by atoms with E-state index in [0.29, 0.717) is 24.0 Å². The molecule has 0 N–H and O–H groups in total. The van der Waals surface area contributed by atoms with Crippen LogP contribution in [0.2, 0.25) is 5.02 Å². The number of amides is 2. The number of hydrogen-bond donors (Lipinski definition) is 0. The van der Waals surface area contributed by atoms with E-state index < -0.39 is 0 Å². The molecule has 0 saturated heterocycles. The Morgan fingerprint density at radius 3 is 2.45 bits per heavy atom. The molecule has 0 atom stereocenters. The average Bonchev–Trinajstić information content (AvgIpc) is 3.40. The molecule has 42 heavy (non-hydrogen) atoms. The second-order valence-electron chi connectivity index (χ2n) is 11.5. The number of aliphatic imine (C=N–C) groups is 1. The highest BCUT2D eigenvalue weighted by atomic mass is 35.5. The number of fused-ring (bicyclic) bond motifs is 1. The van der Waals surface area contributed by atoms with E-state index in [-0.39, 0.29) is 12.1 Å². The molecule has 218 valence electrons. The van der Waals surface area contributed by atoms with Crippen LogP contribution in [0.1, 0.15) is 62.6 Å². The van der Waals surface area contributed by atoms with Crippen LogP contribution in [-0.2, 0) is 17.9 Å². The zero-order chi connectivity index (χ0) is 29.1. The normalized spacial score (nSPS) is 17.8. The third-order valence-corrected chi connectivity index (χ3v) is 8.47. The van der Waals surface area contributed by atoms with Gasteiger partial charge in [-0.25, -0.2) is 14.9 Å². The van der Waals surface area contributed by atoms with Crippen molar-refractivity contribution in [2.75, 3.05) is 18.0 Å². The monoisotopic (exact) mass is 583 g/mol. The van der Waals surface area contributed by atoms with Gasteiger partial charge in [0.1, 0.15) is 5.84 Å². The van der Waals surface area contributed by atoms with Crippen LogP contribution < -0.4 is 4.90 Å². The molecule has 1 fully saturated rings. The first-order valence-corrected chi connectivity index (χ1v) is 15.4. The summed E-state index contributed by atoms with van der Waals surface area (Å²) in [6.45, 7) is 6.00. The molecule has 2 amide bonds. The molecule has 0 aromatic heterocycles. The van der Waals surface area contributed by atoms with Crippen LogP contribution in [0.5, 0.6) is 0 Å². The van der Waals surface area contributed by atoms with E-state index in [1.54, 1.807) is 9.91 Å². The number of halogens is 1. The van der Waals surface area contributed by atoms with Crippen molar-refractivity contribution in [2.24, 2.45) is 16.0 Å². The molecular weight excluding hydrogens is 546 g/mol. The van der Waals surface area contributed by atoms with Gasteiger partial charge in [0.2, 0.25) is 0 Å². The molecule has 1 aliphatic carbocycles. The molecule has 2 aliphatic heterocycles. The lowest BCUT2D eigenvalue weighted by atomic mass is 9.83. The number of hydrogen-bond acceptors (Lipinski definition) is 5. The number of carbonyl (C=O) groups excluding carboxylic acids is 1. The number of hydroxylamine groups is 2. The standard InChI is InChI=1S/C34H38ClN5O2/c1-24(2)40-34(41)39(31-22-28(35)15-18-30(31)33(37-40)27-11-7-4-8-12-27)29-16-13-25(14-17-29)21-32-36-19-20-38(32)42-23-26-9-5-3-6-10-26/h3,5-6,9-10,13-18,22,24,27H,4,7-8,11-12,19-21,23H2,1-2H3. The van der Waals surface area contributed by atoms with Crippen molar-refractivity contribution >= 4 is 40.6 Å². The molecule has 3 aromatic rings. The average molecular weight is 584 g/mol. The third kappa shape index (κ3) is 6.08. The van der Waals surface area contributed by atoms with Gasteiger partial charge >= 0.3 is 6.03 Å². The van der Waals surface area contributed by atoms with E-state index >= 15 is 0 Å². The van der Waals surface area contributed by atoms with Gasteiger partial charge in [-0.1, -0.05) is 73.3 Å². The van der Waals surface area contributed by atoms with E-state index in [1.807, 2.05) is 67.4 Å². The topological polar surface area (TPSA) is 60.7 Å². The Morgan fingerprint density at radius 2 is 1.71 bits per heavy atom. The minimum absolute atomic E-state index is 0.0927. The van der Waals surface area contributed by atoms with Gasteiger partial charge in [-0.3, -0.25) is 14.7 Å². The first kappa shape index (κ1) is 28.4. The predicted molar refractivity (Wildman–Crippen MR) is 169 cm³/mol. The summed E-state index contributed by atoms with van der Waals surface area (Å²) in [5.74, 6) is 1.24. The SMILES string of the molecule is CC(C)N1N=C(C2CCCCC2)c2ccc(Cl)cc2N(c2ccc(CC3=NCCN3OCc3ccccc3)cc2)C1=O. The van der Waals surface area contributed by atoms with Crippen LogP contribution in [0, 0.1) is 5.92 Å². The van der Waals surface area contributed by atoms with Gasteiger partial charge in [0.25, 0.3) is 0 Å². The Kier molecular flexibility index (Phi) is 8.58. The maximum absolute atomic E-state index is 14.1. The van der Waals surface area contributed by atoms with Gasteiger partial charge in [0.15, 0.2) is 0 Å². The Bertz CT molecular complexity index is 1470. The molecule has 0 spiro atoms. The smallest absolute Gasteiger partial charge is 0.268 e. The van der Waals surface area contributed by atoms with Gasteiger partial charge in [0.05, 0.1) is 42.8 Å². The zero-order valence-electron chi connectivity index (χ0n) is 24.4. The van der Waals surface area contributed by atoms with Crippen molar-refractivity contribution in [1.82, 2.24) is 10.1 Å². The Hall–Kier alpha value is -3.68. The van der Waals surface area contributed by atoms with Crippen molar-refractivity contribution in [2.45, 2.75) is 65.0 Å². The van der Waals surface area contributed by atoms with E-state index in [9.17, 15) is 4.79 Å². The second kappa shape index (κ2) is 12.7. The number of benzene rings is 3. The maximum atomic E-state index is 14.1. The minimum atomic E-state index is -0.173. The lowest BCUT2D eigenvalue weighted by molar-refractivity contribution is -0.104. The number of amidine groups is 1. The lowest BCUT2D eigenvalue weighted by Gasteiger charge is -2.29. The van der Waals surface area contributed by atoms with E-state index in [1.165, 1.54) is 19.3 Å². The minimum Gasteiger partial charge on any atom is -0.268 e. The molecular formula is C34H38ClN5O2. The largest absolute Gasteiger partial charge is 0.349 e. The highest BCUT2D eigenvalue weighted by Crippen LogP contribution is 2.39. The molecule has 2 heterocycles. The number of hydrazone groups is 1. The van der Waals surface area contributed by atoms with Crippen molar-refractivity contribution in [3.8, 4) is 0 Å². The van der Waals surface area contributed by atoms with Crippen molar-refractivity contribution in [3.05, 3.63) is 94.5 Å². The summed E-state index contributed by atoms with van der Waals surface area (Å²) in [6, 6.07) is 23.9. The molecule has 6 rings (SSSR count). The number of rotatable bonds is 8. The molecule has 0 unspecified atom stereocenters. The van der Waals surface area contributed by atoms with Gasteiger partial charge in [0, 0.05) is 22.9 Å². The number of carbonyl (C=O) groups is 1. The Morgan fingerprint density at radius 1 is 0.952 bits per heavy atom. The van der Waals surface area contributed by atoms with Gasteiger partial charge in [-0.15, -0.1) is 0 Å². The third-order valence-electron chi connectivity index (χ3n) is 8.23. The van der Waals surface area contributed by atoms with Crippen LogP contribution in [-0.4, -0.2) is 46.8 Å². The summed E-state index contributed by atoms with van der Waals surface area (Å²) in [7, 11) is 0. The summed E-state index contributed by atoms with van der Waals surface area (Å²) in [6.07, 6.45) is 6.46. The summed E-state index contributed by atoms with van der Waals surface area (Å²) in [5, 5.41) is 9.18. The van der Waals surface area contributed by atoms with E-state index in [0.717, 1.165) is 65.5 Å². The van der Waals surface area contributed by atoms with E-state index in [4.69, 9.17) is 26.5 Å². The highest BCUT2D eigenvalue weighted by Gasteiger charge is 2.35. The van der Waals surface area contributed by atoms with Crippen molar-refractivity contribution in [3.63, 3.8) is 0 Å². The number of anilines is 2. The van der Waals surface area contributed by atoms with E-state index in [2.05, 4.69) is 24.3 Å². The van der Waals surface area contributed by atoms with Crippen LogP contribution in [0.25, 0.3) is 0 Å². The van der Waals surface area contributed by atoms with Gasteiger partial charge < -0.3 is 0 Å². The first-order valence-electron chi connectivity index (χ1n) is 15.1. The van der Waals surface area contributed by atoms with Gasteiger partial charge in [-0.2, -0.15) is 5.10 Å². The summed E-state index contributed by atoms with van der Waals surface area (Å²) < 4.78 is 0.